The molecule has 0 unspecified atom stereocenters. The van der Waals surface area contributed by atoms with Crippen molar-refractivity contribution >= 4 is 22.9 Å². The van der Waals surface area contributed by atoms with Crippen LogP contribution in [0.1, 0.15) is 24.1 Å². The maximum absolute atomic E-state index is 13.2. The molecule has 1 aliphatic rings. The molecule has 14 heavy (non-hydrogen) atoms. The molecular formula is C10H13ClFNS. The molecular weight excluding hydrogens is 221 g/mol. The van der Waals surface area contributed by atoms with Crippen LogP contribution >= 0.6 is 22.9 Å². The summed E-state index contributed by atoms with van der Waals surface area (Å²) in [4.78, 5) is 1.10. The van der Waals surface area contributed by atoms with E-state index in [1.807, 2.05) is 11.4 Å². The lowest BCUT2D eigenvalue weighted by Gasteiger charge is -2.13. The fourth-order valence-electron chi connectivity index (χ4n) is 1.82. The lowest BCUT2D eigenvalue weighted by molar-refractivity contribution is 0.279. The van der Waals surface area contributed by atoms with E-state index in [0.717, 1.165) is 22.7 Å². The minimum Gasteiger partial charge on any atom is -0.306 e. The maximum Gasteiger partial charge on any atom is 0.115 e. The molecule has 1 N–H and O–H groups in total. The van der Waals surface area contributed by atoms with Gasteiger partial charge in [-0.05, 0) is 30.7 Å². The molecule has 1 aromatic heterocycles. The second kappa shape index (κ2) is 4.60. The summed E-state index contributed by atoms with van der Waals surface area (Å²) < 4.78 is 13.2. The van der Waals surface area contributed by atoms with Crippen LogP contribution in [0.15, 0.2) is 11.4 Å². The molecule has 0 radical (unpaired) electrons. The van der Waals surface area contributed by atoms with E-state index >= 15 is 0 Å². The molecule has 2 atom stereocenters. The molecule has 1 aliphatic carbocycles. The molecule has 1 heterocycles. The van der Waals surface area contributed by atoms with Crippen molar-refractivity contribution in [3.63, 3.8) is 0 Å². The Kier molecular flexibility index (Phi) is 3.42. The quantitative estimate of drug-likeness (QED) is 0.844. The monoisotopic (exact) mass is 233 g/mol. The van der Waals surface area contributed by atoms with Crippen molar-refractivity contribution in [1.82, 2.24) is 5.32 Å². The first kappa shape index (κ1) is 10.4. The Bertz CT molecular complexity index is 302. The SMILES string of the molecule is F[C@@H]1CCC[C@@H]1NCc1sccc1Cl. The van der Waals surface area contributed by atoms with Crippen LogP contribution in [0.5, 0.6) is 0 Å². The highest BCUT2D eigenvalue weighted by Gasteiger charge is 2.26. The Morgan fingerprint density at radius 2 is 2.43 bits per heavy atom. The zero-order valence-electron chi connectivity index (χ0n) is 7.80. The molecule has 0 spiro atoms. The molecule has 0 bridgehead atoms. The van der Waals surface area contributed by atoms with Gasteiger partial charge in [0, 0.05) is 17.5 Å². The number of nitrogens with one attached hydrogen (secondary N) is 1. The van der Waals surface area contributed by atoms with Gasteiger partial charge in [-0.3, -0.25) is 0 Å². The summed E-state index contributed by atoms with van der Waals surface area (Å²) in [7, 11) is 0. The molecule has 0 amide bonds. The Hall–Kier alpha value is -0.120. The topological polar surface area (TPSA) is 12.0 Å². The molecule has 78 valence electrons. The van der Waals surface area contributed by atoms with E-state index in [9.17, 15) is 4.39 Å². The van der Waals surface area contributed by atoms with Crippen LogP contribution in [-0.4, -0.2) is 12.2 Å². The van der Waals surface area contributed by atoms with E-state index in [4.69, 9.17) is 11.6 Å². The summed E-state index contributed by atoms with van der Waals surface area (Å²) in [5.74, 6) is 0. The predicted octanol–water partition coefficient (Wildman–Crippen LogP) is 3.38. The van der Waals surface area contributed by atoms with Crippen molar-refractivity contribution in [3.05, 3.63) is 21.3 Å². The van der Waals surface area contributed by atoms with Crippen molar-refractivity contribution in [3.8, 4) is 0 Å². The van der Waals surface area contributed by atoms with Gasteiger partial charge in [-0.1, -0.05) is 11.6 Å². The minimum absolute atomic E-state index is 0.0353. The molecule has 1 nitrogen and oxygen atoms in total. The summed E-state index contributed by atoms with van der Waals surface area (Å²) in [5, 5.41) is 5.97. The van der Waals surface area contributed by atoms with Gasteiger partial charge in [-0.15, -0.1) is 11.3 Å². The van der Waals surface area contributed by atoms with E-state index < -0.39 is 6.17 Å². The number of alkyl halides is 1. The van der Waals surface area contributed by atoms with E-state index in [2.05, 4.69) is 5.32 Å². The minimum atomic E-state index is -0.672. The van der Waals surface area contributed by atoms with Gasteiger partial charge in [0.1, 0.15) is 6.17 Å². The smallest absolute Gasteiger partial charge is 0.115 e. The average Bonchev–Trinajstić information content (AvgIpc) is 2.72. The second-order valence-corrected chi connectivity index (χ2v) is 5.03. The highest BCUT2D eigenvalue weighted by atomic mass is 35.5. The van der Waals surface area contributed by atoms with Crippen LogP contribution in [0.4, 0.5) is 4.39 Å². The van der Waals surface area contributed by atoms with Crippen LogP contribution < -0.4 is 5.32 Å². The normalized spacial score (nSPS) is 27.0. The fraction of sp³-hybridized carbons (Fsp3) is 0.600. The van der Waals surface area contributed by atoms with Crippen LogP contribution in [0.25, 0.3) is 0 Å². The predicted molar refractivity (Wildman–Crippen MR) is 58.7 cm³/mol. The number of hydrogen-bond donors (Lipinski definition) is 1. The second-order valence-electron chi connectivity index (χ2n) is 3.63. The molecule has 0 aliphatic heterocycles. The highest BCUT2D eigenvalue weighted by molar-refractivity contribution is 7.10. The Balaban J connectivity index is 1.85. The van der Waals surface area contributed by atoms with Gasteiger partial charge < -0.3 is 5.32 Å². The zero-order chi connectivity index (χ0) is 9.97. The Morgan fingerprint density at radius 1 is 1.57 bits per heavy atom. The Morgan fingerprint density at radius 3 is 3.00 bits per heavy atom. The number of hydrogen-bond acceptors (Lipinski definition) is 2. The van der Waals surface area contributed by atoms with Crippen LogP contribution in [0, 0.1) is 0 Å². The Labute approximate surface area is 92.3 Å². The molecule has 1 aromatic rings. The van der Waals surface area contributed by atoms with E-state index in [0.29, 0.717) is 13.0 Å². The van der Waals surface area contributed by atoms with Gasteiger partial charge in [-0.25, -0.2) is 4.39 Å². The summed E-state index contributed by atoms with van der Waals surface area (Å²) in [5.41, 5.74) is 0. The lowest BCUT2D eigenvalue weighted by atomic mass is 10.2. The molecule has 0 aromatic carbocycles. The van der Waals surface area contributed by atoms with Crippen LogP contribution in [0.3, 0.4) is 0 Å². The number of rotatable bonds is 3. The fourth-order valence-corrected chi connectivity index (χ4v) is 2.87. The summed E-state index contributed by atoms with van der Waals surface area (Å²) >= 11 is 7.56. The maximum atomic E-state index is 13.2. The highest BCUT2D eigenvalue weighted by Crippen LogP contribution is 2.25. The van der Waals surface area contributed by atoms with Crippen molar-refractivity contribution in [1.29, 1.82) is 0 Å². The van der Waals surface area contributed by atoms with Gasteiger partial charge in [0.05, 0.1) is 5.02 Å². The van der Waals surface area contributed by atoms with E-state index in [-0.39, 0.29) is 6.04 Å². The van der Waals surface area contributed by atoms with Crippen molar-refractivity contribution in [2.75, 3.05) is 0 Å². The summed E-state index contributed by atoms with van der Waals surface area (Å²) in [6.45, 7) is 0.696. The third-order valence-electron chi connectivity index (χ3n) is 2.65. The molecule has 1 saturated carbocycles. The van der Waals surface area contributed by atoms with Crippen LogP contribution in [-0.2, 0) is 6.54 Å². The first-order chi connectivity index (χ1) is 6.77. The van der Waals surface area contributed by atoms with Crippen molar-refractivity contribution in [2.24, 2.45) is 0 Å². The van der Waals surface area contributed by atoms with Gasteiger partial charge in [-0.2, -0.15) is 0 Å². The lowest BCUT2D eigenvalue weighted by Crippen LogP contribution is -2.32. The first-order valence-electron chi connectivity index (χ1n) is 4.86. The van der Waals surface area contributed by atoms with Crippen molar-refractivity contribution < 1.29 is 4.39 Å². The number of halogens is 2. The van der Waals surface area contributed by atoms with Gasteiger partial charge in [0.2, 0.25) is 0 Å². The van der Waals surface area contributed by atoms with Gasteiger partial charge >= 0.3 is 0 Å². The zero-order valence-corrected chi connectivity index (χ0v) is 9.37. The van der Waals surface area contributed by atoms with Gasteiger partial charge in [0.15, 0.2) is 0 Å². The van der Waals surface area contributed by atoms with Gasteiger partial charge in [0.25, 0.3) is 0 Å². The molecule has 2 rings (SSSR count). The summed E-state index contributed by atoms with van der Waals surface area (Å²) in [6.07, 6.45) is 1.98. The molecule has 0 saturated heterocycles. The standard InChI is InChI=1S/C10H13ClFNS/c11-7-4-5-14-10(7)6-13-9-3-1-2-8(9)12/h4-5,8-9,13H,1-3,6H2/t8-,9+/m1/s1. The average molecular weight is 234 g/mol. The number of thiophene rings is 1. The largest absolute Gasteiger partial charge is 0.306 e. The third kappa shape index (κ3) is 2.27. The third-order valence-corrected chi connectivity index (χ3v) is 4.03. The van der Waals surface area contributed by atoms with E-state index in [1.165, 1.54) is 0 Å². The molecule has 4 heteroatoms. The van der Waals surface area contributed by atoms with Crippen molar-refractivity contribution in [2.45, 2.75) is 38.0 Å². The van der Waals surface area contributed by atoms with Crippen LogP contribution in [0.2, 0.25) is 5.02 Å². The first-order valence-corrected chi connectivity index (χ1v) is 6.12. The molecule has 1 fully saturated rings. The summed E-state index contributed by atoms with van der Waals surface area (Å²) in [6, 6.07) is 1.92. The van der Waals surface area contributed by atoms with E-state index in [1.54, 1.807) is 11.3 Å².